The van der Waals surface area contributed by atoms with Gasteiger partial charge in [-0.25, -0.2) is 4.98 Å². The van der Waals surface area contributed by atoms with E-state index < -0.39 is 11.7 Å². The van der Waals surface area contributed by atoms with Crippen LogP contribution >= 0.6 is 0 Å². The van der Waals surface area contributed by atoms with Crippen molar-refractivity contribution in [2.24, 2.45) is 0 Å². The smallest absolute Gasteiger partial charge is 0.370 e. The third-order valence-electron chi connectivity index (χ3n) is 4.73. The Hall–Kier alpha value is -3.11. The van der Waals surface area contributed by atoms with Gasteiger partial charge in [0.25, 0.3) is 0 Å². The quantitative estimate of drug-likeness (QED) is 0.693. The van der Waals surface area contributed by atoms with Crippen LogP contribution in [0.1, 0.15) is 36.3 Å². The van der Waals surface area contributed by atoms with Gasteiger partial charge in [-0.2, -0.15) is 28.4 Å². The molecule has 0 aliphatic carbocycles. The Kier molecular flexibility index (Phi) is 4.44. The molecule has 0 aromatic carbocycles. The van der Waals surface area contributed by atoms with Crippen molar-refractivity contribution in [2.45, 2.75) is 39.0 Å². The van der Waals surface area contributed by atoms with Gasteiger partial charge in [0.2, 0.25) is 5.95 Å². The Balaban J connectivity index is 1.60. The number of aromatic nitrogens is 6. The van der Waals surface area contributed by atoms with Crippen LogP contribution < -0.4 is 10.6 Å². The van der Waals surface area contributed by atoms with Crippen molar-refractivity contribution in [1.82, 2.24) is 29.5 Å². The molecular weight excluding hydrogens is 373 g/mol. The lowest BCUT2D eigenvalue weighted by Gasteiger charge is -2.14. The fraction of sp³-hybridized carbons (Fsp3) is 0.412. The van der Waals surface area contributed by atoms with Gasteiger partial charge < -0.3 is 10.6 Å². The van der Waals surface area contributed by atoms with Gasteiger partial charge in [0, 0.05) is 25.5 Å². The third-order valence-corrected chi connectivity index (χ3v) is 4.73. The van der Waals surface area contributed by atoms with E-state index in [1.54, 1.807) is 19.3 Å². The number of halogens is 3. The molecule has 3 aromatic heterocycles. The summed E-state index contributed by atoms with van der Waals surface area (Å²) in [5.41, 5.74) is 1.66. The number of alkyl halides is 3. The molecular formula is C17H19F3N8. The van der Waals surface area contributed by atoms with Crippen molar-refractivity contribution in [3.05, 3.63) is 41.6 Å². The van der Waals surface area contributed by atoms with Gasteiger partial charge in [0.1, 0.15) is 11.4 Å². The van der Waals surface area contributed by atoms with E-state index in [-0.39, 0.29) is 17.8 Å². The Morgan fingerprint density at radius 3 is 2.82 bits per heavy atom. The maximum absolute atomic E-state index is 13.1. The molecule has 0 saturated heterocycles. The molecule has 2 N–H and O–H groups in total. The van der Waals surface area contributed by atoms with E-state index in [2.05, 4.69) is 30.8 Å². The van der Waals surface area contributed by atoms with Gasteiger partial charge in [-0.1, -0.05) is 0 Å². The molecule has 0 unspecified atom stereocenters. The van der Waals surface area contributed by atoms with Gasteiger partial charge in [0.15, 0.2) is 0 Å². The highest BCUT2D eigenvalue weighted by molar-refractivity contribution is 5.58. The van der Waals surface area contributed by atoms with E-state index in [4.69, 9.17) is 0 Å². The topological polar surface area (TPSA) is 85.5 Å². The van der Waals surface area contributed by atoms with Gasteiger partial charge in [-0.05, 0) is 26.3 Å². The molecule has 3 aromatic rings. The molecule has 0 spiro atoms. The minimum absolute atomic E-state index is 0.0723. The standard InChI is InChI=1S/C17H19F3N8/c1-3-21-15-11(17(18,19)20)8-22-16(26-15)25-12-9-24-28(10(12)2)14-5-7-27-13(14)4-6-23-27/h4,6,8-9,14H,3,5,7H2,1-2H3,(H2,21,22,25,26)/t14-/m0/s1. The molecule has 0 saturated carbocycles. The molecule has 148 valence electrons. The van der Waals surface area contributed by atoms with E-state index in [9.17, 15) is 13.2 Å². The van der Waals surface area contributed by atoms with Crippen LogP contribution in [0.4, 0.5) is 30.6 Å². The first-order valence-corrected chi connectivity index (χ1v) is 8.89. The Morgan fingerprint density at radius 1 is 1.25 bits per heavy atom. The van der Waals surface area contributed by atoms with Crippen LogP contribution in [0.15, 0.2) is 24.7 Å². The SMILES string of the molecule is CCNc1nc(Nc2cnn([C@H]3CCn4nccc43)c2C)ncc1C(F)(F)F. The summed E-state index contributed by atoms with van der Waals surface area (Å²) in [7, 11) is 0. The van der Waals surface area contributed by atoms with E-state index in [1.165, 1.54) is 0 Å². The van der Waals surface area contributed by atoms with Gasteiger partial charge >= 0.3 is 6.18 Å². The highest BCUT2D eigenvalue weighted by Gasteiger charge is 2.35. The maximum atomic E-state index is 13.1. The third kappa shape index (κ3) is 3.16. The molecule has 1 aliphatic heterocycles. The largest absolute Gasteiger partial charge is 0.421 e. The summed E-state index contributed by atoms with van der Waals surface area (Å²) in [5, 5.41) is 14.3. The highest BCUT2D eigenvalue weighted by Crippen LogP contribution is 2.35. The zero-order chi connectivity index (χ0) is 19.9. The second kappa shape index (κ2) is 6.80. The summed E-state index contributed by atoms with van der Waals surface area (Å²) >= 11 is 0. The molecule has 8 nitrogen and oxygen atoms in total. The lowest BCUT2D eigenvalue weighted by molar-refractivity contribution is -0.137. The number of aryl methyl sites for hydroxylation is 1. The minimum Gasteiger partial charge on any atom is -0.370 e. The number of hydrogen-bond donors (Lipinski definition) is 2. The van der Waals surface area contributed by atoms with Crippen molar-refractivity contribution in [3.8, 4) is 0 Å². The fourth-order valence-corrected chi connectivity index (χ4v) is 3.39. The highest BCUT2D eigenvalue weighted by atomic mass is 19.4. The average molecular weight is 392 g/mol. The zero-order valence-corrected chi connectivity index (χ0v) is 15.3. The van der Waals surface area contributed by atoms with E-state index >= 15 is 0 Å². The van der Waals surface area contributed by atoms with Crippen LogP contribution in [0, 0.1) is 6.92 Å². The lowest BCUT2D eigenvalue weighted by atomic mass is 10.2. The van der Waals surface area contributed by atoms with Crippen LogP contribution in [0.5, 0.6) is 0 Å². The van der Waals surface area contributed by atoms with E-state index in [1.807, 2.05) is 22.4 Å². The monoisotopic (exact) mass is 392 g/mol. The number of rotatable bonds is 5. The summed E-state index contributed by atoms with van der Waals surface area (Å²) in [6.07, 6.45) is 0.525. The second-order valence-electron chi connectivity index (χ2n) is 6.48. The molecule has 0 fully saturated rings. The molecule has 4 rings (SSSR count). The van der Waals surface area contributed by atoms with Gasteiger partial charge in [-0.15, -0.1) is 0 Å². The zero-order valence-electron chi connectivity index (χ0n) is 15.3. The Morgan fingerprint density at radius 2 is 2.07 bits per heavy atom. The number of nitrogens with one attached hydrogen (secondary N) is 2. The summed E-state index contributed by atoms with van der Waals surface area (Å²) in [4.78, 5) is 7.82. The first-order chi connectivity index (χ1) is 13.4. The molecule has 11 heteroatoms. The second-order valence-corrected chi connectivity index (χ2v) is 6.48. The van der Waals surface area contributed by atoms with Crippen molar-refractivity contribution in [1.29, 1.82) is 0 Å². The Bertz CT molecular complexity index is 991. The molecule has 0 amide bonds. The maximum Gasteiger partial charge on any atom is 0.421 e. The lowest BCUT2D eigenvalue weighted by Crippen LogP contribution is -2.14. The molecule has 4 heterocycles. The number of hydrogen-bond acceptors (Lipinski definition) is 6. The van der Waals surface area contributed by atoms with E-state index in [0.717, 1.165) is 30.6 Å². The number of anilines is 3. The summed E-state index contributed by atoms with van der Waals surface area (Å²) in [5.74, 6) is -0.180. The normalized spacial score (nSPS) is 16.2. The van der Waals surface area contributed by atoms with Crippen LogP contribution in [-0.4, -0.2) is 36.1 Å². The van der Waals surface area contributed by atoms with Crippen LogP contribution in [0.2, 0.25) is 0 Å². The molecule has 0 radical (unpaired) electrons. The Labute approximate surface area is 158 Å². The number of fused-ring (bicyclic) bond motifs is 1. The van der Waals surface area contributed by atoms with Gasteiger partial charge in [0.05, 0.1) is 29.3 Å². The predicted molar refractivity (Wildman–Crippen MR) is 96.4 cm³/mol. The van der Waals surface area contributed by atoms with Crippen molar-refractivity contribution in [2.75, 3.05) is 17.2 Å². The van der Waals surface area contributed by atoms with Crippen LogP contribution in [0.3, 0.4) is 0 Å². The summed E-state index contributed by atoms with van der Waals surface area (Å²) < 4.78 is 43.1. The first kappa shape index (κ1) is 18.3. The van der Waals surface area contributed by atoms with Crippen molar-refractivity contribution < 1.29 is 13.2 Å². The fourth-order valence-electron chi connectivity index (χ4n) is 3.39. The molecule has 28 heavy (non-hydrogen) atoms. The molecule has 1 aliphatic rings. The van der Waals surface area contributed by atoms with Crippen molar-refractivity contribution in [3.63, 3.8) is 0 Å². The first-order valence-electron chi connectivity index (χ1n) is 8.89. The van der Waals surface area contributed by atoms with E-state index in [0.29, 0.717) is 12.2 Å². The molecule has 0 bridgehead atoms. The van der Waals surface area contributed by atoms with Crippen molar-refractivity contribution >= 4 is 17.5 Å². The summed E-state index contributed by atoms with van der Waals surface area (Å²) in [6.45, 7) is 4.73. The summed E-state index contributed by atoms with van der Waals surface area (Å²) in [6, 6.07) is 2.04. The van der Waals surface area contributed by atoms with Crippen LogP contribution in [-0.2, 0) is 12.7 Å². The van der Waals surface area contributed by atoms with Crippen LogP contribution in [0.25, 0.3) is 0 Å². The van der Waals surface area contributed by atoms with Gasteiger partial charge in [-0.3, -0.25) is 9.36 Å². The average Bonchev–Trinajstić information content (AvgIpc) is 3.32. The molecule has 1 atom stereocenters. The minimum atomic E-state index is -4.53. The predicted octanol–water partition coefficient (Wildman–Crippen LogP) is 3.37. The number of nitrogens with zero attached hydrogens (tertiary/aromatic N) is 6.